The van der Waals surface area contributed by atoms with Crippen LogP contribution in [0.3, 0.4) is 0 Å². The molecule has 0 aliphatic heterocycles. The molecule has 0 aliphatic rings. The van der Waals surface area contributed by atoms with Gasteiger partial charge in [-0.05, 0) is 31.0 Å². The summed E-state index contributed by atoms with van der Waals surface area (Å²) in [6, 6.07) is 9.56. The quantitative estimate of drug-likeness (QED) is 0.330. The van der Waals surface area contributed by atoms with Crippen LogP contribution in [0.25, 0.3) is 0 Å². The molecule has 0 atom stereocenters. The van der Waals surface area contributed by atoms with Crippen LogP contribution in [0.15, 0.2) is 36.4 Å². The number of para-hydroxylation sites is 1. The number of non-ortho nitro benzene ring substituents is 1. The molecule has 2 rings (SSSR count). The lowest BCUT2D eigenvalue weighted by Gasteiger charge is -2.12. The summed E-state index contributed by atoms with van der Waals surface area (Å²) in [4.78, 5) is 22.4. The fourth-order valence-corrected chi connectivity index (χ4v) is 2.35. The second-order valence-electron chi connectivity index (χ2n) is 5.35. The largest absolute Gasteiger partial charge is 0.496 e. The van der Waals surface area contributed by atoms with Gasteiger partial charge in [0.05, 0.1) is 12.0 Å². The second-order valence-corrected chi connectivity index (χ2v) is 5.35. The molecule has 0 bridgehead atoms. The van der Waals surface area contributed by atoms with Gasteiger partial charge in [0.1, 0.15) is 30.3 Å². The van der Waals surface area contributed by atoms with E-state index in [-0.39, 0.29) is 30.2 Å². The summed E-state index contributed by atoms with van der Waals surface area (Å²) in [5.41, 5.74) is 1.78. The molecule has 0 spiro atoms. The van der Waals surface area contributed by atoms with Crippen molar-refractivity contribution in [1.29, 1.82) is 0 Å². The Balaban J connectivity index is 1.98. The van der Waals surface area contributed by atoms with E-state index in [0.29, 0.717) is 0 Å². The minimum atomic E-state index is -0.703. The Morgan fingerprint density at radius 1 is 1.12 bits per heavy atom. The Hall–Kier alpha value is -3.09. The first-order valence-electron chi connectivity index (χ1n) is 7.62. The van der Waals surface area contributed by atoms with E-state index in [2.05, 4.69) is 0 Å². The molecule has 0 amide bonds. The van der Waals surface area contributed by atoms with Crippen molar-refractivity contribution in [3.05, 3.63) is 63.2 Å². The molecular weight excluding hydrogens is 326 g/mol. The summed E-state index contributed by atoms with van der Waals surface area (Å²) in [5.74, 6) is 0.267. The zero-order valence-electron chi connectivity index (χ0n) is 14.3. The predicted octanol–water partition coefficient (Wildman–Crippen LogP) is 3.46. The summed E-state index contributed by atoms with van der Waals surface area (Å²) in [5, 5.41) is 10.8. The van der Waals surface area contributed by atoms with Crippen molar-refractivity contribution in [2.24, 2.45) is 0 Å². The maximum atomic E-state index is 12.2. The molecule has 7 nitrogen and oxygen atoms in total. The summed E-state index contributed by atoms with van der Waals surface area (Å²) < 4.78 is 15.8. The normalized spacial score (nSPS) is 10.2. The van der Waals surface area contributed by atoms with Crippen LogP contribution in [-0.4, -0.2) is 31.2 Å². The van der Waals surface area contributed by atoms with E-state index in [1.165, 1.54) is 19.2 Å². The van der Waals surface area contributed by atoms with E-state index in [9.17, 15) is 14.9 Å². The number of benzene rings is 2. The van der Waals surface area contributed by atoms with Crippen molar-refractivity contribution in [3.63, 3.8) is 0 Å². The van der Waals surface area contributed by atoms with Crippen LogP contribution in [0.1, 0.15) is 21.5 Å². The summed E-state index contributed by atoms with van der Waals surface area (Å²) in [6.07, 6.45) is 0. The zero-order chi connectivity index (χ0) is 18.4. The third kappa shape index (κ3) is 4.47. The molecule has 0 saturated carbocycles. The van der Waals surface area contributed by atoms with Crippen molar-refractivity contribution < 1.29 is 23.9 Å². The van der Waals surface area contributed by atoms with E-state index in [1.807, 2.05) is 32.0 Å². The highest BCUT2D eigenvalue weighted by Crippen LogP contribution is 2.25. The van der Waals surface area contributed by atoms with Crippen LogP contribution in [0.4, 0.5) is 5.69 Å². The number of hydrogen-bond acceptors (Lipinski definition) is 6. The number of esters is 1. The zero-order valence-corrected chi connectivity index (χ0v) is 14.3. The van der Waals surface area contributed by atoms with Gasteiger partial charge in [0.2, 0.25) is 0 Å². The van der Waals surface area contributed by atoms with Gasteiger partial charge in [-0.25, -0.2) is 4.79 Å². The van der Waals surface area contributed by atoms with Crippen molar-refractivity contribution in [1.82, 2.24) is 0 Å². The number of aryl methyl sites for hydroxylation is 2. The first-order chi connectivity index (χ1) is 11.9. The first kappa shape index (κ1) is 18.3. The molecule has 0 aliphatic carbocycles. The van der Waals surface area contributed by atoms with E-state index in [1.54, 1.807) is 0 Å². The Labute approximate surface area is 145 Å². The maximum Gasteiger partial charge on any atom is 0.342 e. The highest BCUT2D eigenvalue weighted by atomic mass is 16.6. The Kier molecular flexibility index (Phi) is 5.94. The van der Waals surface area contributed by atoms with Crippen LogP contribution >= 0.6 is 0 Å². The van der Waals surface area contributed by atoms with Gasteiger partial charge in [-0.2, -0.15) is 0 Å². The molecule has 7 heteroatoms. The van der Waals surface area contributed by atoms with Crippen molar-refractivity contribution in [2.45, 2.75) is 13.8 Å². The molecule has 0 heterocycles. The van der Waals surface area contributed by atoms with Gasteiger partial charge >= 0.3 is 5.97 Å². The van der Waals surface area contributed by atoms with Gasteiger partial charge in [0, 0.05) is 12.1 Å². The average Bonchev–Trinajstić information content (AvgIpc) is 2.59. The van der Waals surface area contributed by atoms with Crippen LogP contribution < -0.4 is 9.47 Å². The van der Waals surface area contributed by atoms with Crippen LogP contribution in [0, 0.1) is 24.0 Å². The monoisotopic (exact) mass is 345 g/mol. The molecule has 132 valence electrons. The topological polar surface area (TPSA) is 87.9 Å². The molecule has 0 unspecified atom stereocenters. The van der Waals surface area contributed by atoms with Crippen LogP contribution in [0.2, 0.25) is 0 Å². The average molecular weight is 345 g/mol. The van der Waals surface area contributed by atoms with Crippen molar-refractivity contribution in [2.75, 3.05) is 20.3 Å². The lowest BCUT2D eigenvalue weighted by molar-refractivity contribution is -0.384. The first-order valence-corrected chi connectivity index (χ1v) is 7.62. The number of carbonyl (C=O) groups is 1. The van der Waals surface area contributed by atoms with Crippen molar-refractivity contribution >= 4 is 11.7 Å². The molecule has 0 radical (unpaired) electrons. The van der Waals surface area contributed by atoms with Gasteiger partial charge in [-0.15, -0.1) is 0 Å². The van der Waals surface area contributed by atoms with Crippen molar-refractivity contribution in [3.8, 4) is 11.5 Å². The molecule has 2 aromatic rings. The Morgan fingerprint density at radius 2 is 1.80 bits per heavy atom. The lowest BCUT2D eigenvalue weighted by Crippen LogP contribution is -2.14. The minimum absolute atomic E-state index is 0.00349. The highest BCUT2D eigenvalue weighted by molar-refractivity contribution is 5.93. The fourth-order valence-electron chi connectivity index (χ4n) is 2.35. The molecule has 0 saturated heterocycles. The molecule has 0 fully saturated rings. The van der Waals surface area contributed by atoms with Gasteiger partial charge in [0.25, 0.3) is 5.69 Å². The number of rotatable bonds is 7. The number of hydrogen-bond donors (Lipinski definition) is 0. The highest BCUT2D eigenvalue weighted by Gasteiger charge is 2.18. The maximum absolute atomic E-state index is 12.2. The van der Waals surface area contributed by atoms with Gasteiger partial charge in [-0.3, -0.25) is 10.1 Å². The number of methoxy groups -OCH3 is 1. The third-order valence-corrected chi connectivity index (χ3v) is 3.59. The van der Waals surface area contributed by atoms with Crippen LogP contribution in [-0.2, 0) is 4.74 Å². The van der Waals surface area contributed by atoms with Gasteiger partial charge < -0.3 is 14.2 Å². The van der Waals surface area contributed by atoms with Gasteiger partial charge in [0.15, 0.2) is 0 Å². The summed E-state index contributed by atoms with van der Waals surface area (Å²) in [7, 11) is 1.38. The fraction of sp³-hybridized carbons (Fsp3) is 0.278. The van der Waals surface area contributed by atoms with Crippen LogP contribution in [0.5, 0.6) is 11.5 Å². The SMILES string of the molecule is COc1ccc([N+](=O)[O-])cc1C(=O)OCCOc1c(C)cccc1C. The number of ether oxygens (including phenoxy) is 3. The number of carbonyl (C=O) groups excluding carboxylic acids is 1. The molecule has 2 aromatic carbocycles. The summed E-state index contributed by atoms with van der Waals surface area (Å²) >= 11 is 0. The van der Waals surface area contributed by atoms with E-state index in [4.69, 9.17) is 14.2 Å². The standard InChI is InChI=1S/C18H19NO6/c1-12-5-4-6-13(2)17(12)24-9-10-25-18(20)15-11-14(19(21)22)7-8-16(15)23-3/h4-8,11H,9-10H2,1-3H3. The molecule has 0 aromatic heterocycles. The Bertz CT molecular complexity index is 767. The minimum Gasteiger partial charge on any atom is -0.496 e. The molecular formula is C18H19NO6. The third-order valence-electron chi connectivity index (χ3n) is 3.59. The van der Waals surface area contributed by atoms with E-state index in [0.717, 1.165) is 22.9 Å². The van der Waals surface area contributed by atoms with Gasteiger partial charge in [-0.1, -0.05) is 18.2 Å². The number of nitrogens with zero attached hydrogens (tertiary/aromatic N) is 1. The number of nitro benzene ring substituents is 1. The number of nitro groups is 1. The van der Waals surface area contributed by atoms with E-state index >= 15 is 0 Å². The molecule has 0 N–H and O–H groups in total. The smallest absolute Gasteiger partial charge is 0.342 e. The lowest BCUT2D eigenvalue weighted by atomic mass is 10.1. The molecule has 25 heavy (non-hydrogen) atoms. The van der Waals surface area contributed by atoms with E-state index < -0.39 is 10.9 Å². The summed E-state index contributed by atoms with van der Waals surface area (Å²) in [6.45, 7) is 4.05. The second kappa shape index (κ2) is 8.14. The Morgan fingerprint density at radius 3 is 2.40 bits per heavy atom. The predicted molar refractivity (Wildman–Crippen MR) is 91.3 cm³/mol.